The third-order valence-electron chi connectivity index (χ3n) is 4.92. The van der Waals surface area contributed by atoms with Crippen LogP contribution in [0.4, 0.5) is 8.78 Å². The molecule has 0 saturated carbocycles. The molecule has 6 heteroatoms. The fourth-order valence-corrected chi connectivity index (χ4v) is 3.29. The molecule has 1 aromatic carbocycles. The molecule has 0 aliphatic carbocycles. The van der Waals surface area contributed by atoms with Gasteiger partial charge in [-0.25, -0.2) is 23.7 Å². The van der Waals surface area contributed by atoms with Crippen molar-refractivity contribution in [1.82, 2.24) is 15.0 Å². The van der Waals surface area contributed by atoms with Gasteiger partial charge in [-0.2, -0.15) is 0 Å². The summed E-state index contributed by atoms with van der Waals surface area (Å²) in [4.78, 5) is 13.9. The van der Waals surface area contributed by atoms with Crippen molar-refractivity contribution in [2.45, 2.75) is 32.6 Å². The smallest absolute Gasteiger partial charge is 0.163 e. The molecule has 0 radical (unpaired) electrons. The van der Waals surface area contributed by atoms with Gasteiger partial charge in [0.05, 0.1) is 5.69 Å². The maximum atomic E-state index is 14.5. The minimum absolute atomic E-state index is 0.152. The van der Waals surface area contributed by atoms with Gasteiger partial charge in [-0.3, -0.25) is 0 Å². The molecule has 4 nitrogen and oxygen atoms in total. The standard InChI is InChI=1S/C20H19F2N3O/c1-11-9-16-18(15-4-3-14(21)10-17(15)22)24-19(13-5-7-26-8-6-13)25-20(16)23-12(11)2/h3-4,9-10,13H,5-8H2,1-2H3. The first-order valence-corrected chi connectivity index (χ1v) is 8.72. The average Bonchev–Trinajstić information content (AvgIpc) is 2.63. The Morgan fingerprint density at radius 1 is 1.00 bits per heavy atom. The third kappa shape index (κ3) is 3.05. The Labute approximate surface area is 150 Å². The van der Waals surface area contributed by atoms with Gasteiger partial charge < -0.3 is 4.74 Å². The van der Waals surface area contributed by atoms with Gasteiger partial charge in [0.2, 0.25) is 0 Å². The first-order valence-electron chi connectivity index (χ1n) is 8.72. The van der Waals surface area contributed by atoms with Crippen molar-refractivity contribution in [3.05, 3.63) is 53.0 Å². The second-order valence-corrected chi connectivity index (χ2v) is 6.70. The van der Waals surface area contributed by atoms with E-state index in [9.17, 15) is 8.78 Å². The fourth-order valence-electron chi connectivity index (χ4n) is 3.29. The van der Waals surface area contributed by atoms with Crippen LogP contribution in [-0.2, 0) is 4.74 Å². The Balaban J connectivity index is 1.97. The summed E-state index contributed by atoms with van der Waals surface area (Å²) >= 11 is 0. The number of halogens is 2. The quantitative estimate of drug-likeness (QED) is 0.680. The number of benzene rings is 1. The zero-order valence-corrected chi connectivity index (χ0v) is 14.7. The SMILES string of the molecule is Cc1cc2c(-c3ccc(F)cc3F)nc(C3CCOCC3)nc2nc1C. The Bertz CT molecular complexity index is 984. The second kappa shape index (κ2) is 6.68. The average molecular weight is 355 g/mol. The van der Waals surface area contributed by atoms with E-state index >= 15 is 0 Å². The number of aryl methyl sites for hydroxylation is 2. The van der Waals surface area contributed by atoms with Gasteiger partial charge in [0.1, 0.15) is 17.5 Å². The minimum Gasteiger partial charge on any atom is -0.381 e. The Morgan fingerprint density at radius 3 is 2.50 bits per heavy atom. The maximum absolute atomic E-state index is 14.5. The van der Waals surface area contributed by atoms with Gasteiger partial charge in [0.25, 0.3) is 0 Å². The molecular weight excluding hydrogens is 336 g/mol. The van der Waals surface area contributed by atoms with Crippen LogP contribution < -0.4 is 0 Å². The van der Waals surface area contributed by atoms with Crippen LogP contribution in [0.15, 0.2) is 24.3 Å². The molecule has 1 fully saturated rings. The second-order valence-electron chi connectivity index (χ2n) is 6.70. The molecule has 0 amide bonds. The van der Waals surface area contributed by atoms with Crippen molar-refractivity contribution in [1.29, 1.82) is 0 Å². The number of hydrogen-bond donors (Lipinski definition) is 0. The molecule has 26 heavy (non-hydrogen) atoms. The van der Waals surface area contributed by atoms with E-state index < -0.39 is 11.6 Å². The van der Waals surface area contributed by atoms with E-state index in [2.05, 4.69) is 15.0 Å². The lowest BCUT2D eigenvalue weighted by Crippen LogP contribution is -2.17. The Kier molecular flexibility index (Phi) is 4.36. The molecule has 0 unspecified atom stereocenters. The van der Waals surface area contributed by atoms with Crippen molar-refractivity contribution in [2.75, 3.05) is 13.2 Å². The molecule has 0 spiro atoms. The van der Waals surface area contributed by atoms with E-state index in [0.717, 1.165) is 30.2 Å². The highest BCUT2D eigenvalue weighted by Gasteiger charge is 2.22. The number of hydrogen-bond acceptors (Lipinski definition) is 4. The summed E-state index contributed by atoms with van der Waals surface area (Å²) in [6, 6.07) is 5.47. The van der Waals surface area contributed by atoms with Gasteiger partial charge in [-0.05, 0) is 50.5 Å². The Morgan fingerprint density at radius 2 is 1.77 bits per heavy atom. The normalized spacial score (nSPS) is 15.5. The van der Waals surface area contributed by atoms with Gasteiger partial charge in [-0.1, -0.05) is 0 Å². The van der Waals surface area contributed by atoms with Crippen LogP contribution in [0.3, 0.4) is 0 Å². The molecule has 3 aromatic rings. The van der Waals surface area contributed by atoms with Crippen molar-refractivity contribution in [3.8, 4) is 11.3 Å². The van der Waals surface area contributed by atoms with Crippen LogP contribution in [0.25, 0.3) is 22.3 Å². The number of fused-ring (bicyclic) bond motifs is 1. The highest BCUT2D eigenvalue weighted by Crippen LogP contribution is 2.32. The van der Waals surface area contributed by atoms with Gasteiger partial charge in [-0.15, -0.1) is 0 Å². The van der Waals surface area contributed by atoms with E-state index in [1.165, 1.54) is 12.1 Å². The van der Waals surface area contributed by atoms with Crippen LogP contribution in [-0.4, -0.2) is 28.2 Å². The predicted molar refractivity (Wildman–Crippen MR) is 95.0 cm³/mol. The molecule has 1 aliphatic heterocycles. The molecule has 4 rings (SSSR count). The van der Waals surface area contributed by atoms with E-state index in [-0.39, 0.29) is 11.5 Å². The number of aromatic nitrogens is 3. The van der Waals surface area contributed by atoms with Crippen molar-refractivity contribution < 1.29 is 13.5 Å². The number of ether oxygens (including phenoxy) is 1. The highest BCUT2D eigenvalue weighted by molar-refractivity contribution is 5.91. The summed E-state index contributed by atoms with van der Waals surface area (Å²) in [6.45, 7) is 5.18. The fraction of sp³-hybridized carbons (Fsp3) is 0.350. The van der Waals surface area contributed by atoms with Gasteiger partial charge >= 0.3 is 0 Å². The lowest BCUT2D eigenvalue weighted by atomic mass is 9.98. The topological polar surface area (TPSA) is 47.9 Å². The van der Waals surface area contributed by atoms with E-state index in [0.29, 0.717) is 35.8 Å². The molecule has 134 valence electrons. The van der Waals surface area contributed by atoms with Crippen LogP contribution in [0.2, 0.25) is 0 Å². The highest BCUT2D eigenvalue weighted by atomic mass is 19.1. The maximum Gasteiger partial charge on any atom is 0.163 e. The summed E-state index contributed by atoms with van der Waals surface area (Å²) in [5.74, 6) is -0.449. The zero-order valence-electron chi connectivity index (χ0n) is 14.7. The van der Waals surface area contributed by atoms with Gasteiger partial charge in [0, 0.05) is 41.8 Å². The summed E-state index contributed by atoms with van der Waals surface area (Å²) < 4.78 is 33.3. The number of nitrogens with zero attached hydrogens (tertiary/aromatic N) is 3. The number of pyridine rings is 1. The van der Waals surface area contributed by atoms with E-state index in [4.69, 9.17) is 4.74 Å². The summed E-state index contributed by atoms with van der Waals surface area (Å²) in [5.41, 5.74) is 3.12. The summed E-state index contributed by atoms with van der Waals surface area (Å²) in [7, 11) is 0. The third-order valence-corrected chi connectivity index (χ3v) is 4.92. The van der Waals surface area contributed by atoms with Crippen LogP contribution in [0.1, 0.15) is 35.8 Å². The predicted octanol–water partition coefficient (Wildman–Crippen LogP) is 4.48. The van der Waals surface area contributed by atoms with Crippen molar-refractivity contribution in [2.24, 2.45) is 0 Å². The first kappa shape index (κ1) is 17.0. The van der Waals surface area contributed by atoms with Crippen molar-refractivity contribution in [3.63, 3.8) is 0 Å². The Hall–Kier alpha value is -2.47. The molecule has 0 N–H and O–H groups in total. The van der Waals surface area contributed by atoms with Crippen LogP contribution in [0.5, 0.6) is 0 Å². The molecule has 0 bridgehead atoms. The number of rotatable bonds is 2. The van der Waals surface area contributed by atoms with Crippen LogP contribution >= 0.6 is 0 Å². The zero-order chi connectivity index (χ0) is 18.3. The van der Waals surface area contributed by atoms with Gasteiger partial charge in [0.15, 0.2) is 5.65 Å². The molecule has 1 saturated heterocycles. The first-order chi connectivity index (χ1) is 12.5. The van der Waals surface area contributed by atoms with E-state index in [1.54, 1.807) is 0 Å². The molecule has 3 heterocycles. The summed E-state index contributed by atoms with van der Waals surface area (Å²) in [6.07, 6.45) is 1.64. The molecule has 1 aliphatic rings. The monoisotopic (exact) mass is 355 g/mol. The lowest BCUT2D eigenvalue weighted by Gasteiger charge is -2.21. The van der Waals surface area contributed by atoms with Crippen LogP contribution in [0, 0.1) is 25.5 Å². The molecule has 2 aromatic heterocycles. The molecule has 0 atom stereocenters. The van der Waals surface area contributed by atoms with E-state index in [1.807, 2.05) is 19.9 Å². The minimum atomic E-state index is -0.638. The largest absolute Gasteiger partial charge is 0.381 e. The molecular formula is C20H19F2N3O. The lowest BCUT2D eigenvalue weighted by molar-refractivity contribution is 0.0836. The summed E-state index contributed by atoms with van der Waals surface area (Å²) in [5, 5.41) is 0.675. The van der Waals surface area contributed by atoms with Crippen molar-refractivity contribution >= 4 is 11.0 Å².